The first-order valence-electron chi connectivity index (χ1n) is 7.79. The van der Waals surface area contributed by atoms with Crippen molar-refractivity contribution in [3.05, 3.63) is 63.5 Å². The van der Waals surface area contributed by atoms with Gasteiger partial charge in [-0.15, -0.1) is 0 Å². The number of carbonyl (C=O) groups is 1. The summed E-state index contributed by atoms with van der Waals surface area (Å²) in [5.41, 5.74) is 0.137. The Morgan fingerprint density at radius 3 is 2.67 bits per heavy atom. The van der Waals surface area contributed by atoms with E-state index in [4.69, 9.17) is 9.47 Å². The van der Waals surface area contributed by atoms with Crippen molar-refractivity contribution < 1.29 is 29.4 Å². The molecule has 10 nitrogen and oxygen atoms in total. The van der Waals surface area contributed by atoms with Crippen molar-refractivity contribution >= 4 is 23.0 Å². The van der Waals surface area contributed by atoms with Gasteiger partial charge < -0.3 is 30.3 Å². The average Bonchev–Trinajstić information content (AvgIpc) is 3.13. The van der Waals surface area contributed by atoms with Crippen molar-refractivity contribution in [2.45, 2.75) is 6.10 Å². The maximum Gasteiger partial charge on any atom is 0.271 e. The van der Waals surface area contributed by atoms with Crippen LogP contribution in [0.5, 0.6) is 11.5 Å². The number of hydrogen-bond acceptors (Lipinski definition) is 8. The largest absolute Gasteiger partial charge is 0.872 e. The van der Waals surface area contributed by atoms with Crippen LogP contribution in [0, 0.1) is 10.1 Å². The summed E-state index contributed by atoms with van der Waals surface area (Å²) in [6.07, 6.45) is -1.60. The van der Waals surface area contributed by atoms with Gasteiger partial charge in [0.25, 0.3) is 11.6 Å². The third kappa shape index (κ3) is 2.87. The van der Waals surface area contributed by atoms with Crippen LogP contribution < -0.4 is 25.2 Å². The van der Waals surface area contributed by atoms with Gasteiger partial charge in [-0.2, -0.15) is 0 Å². The zero-order chi connectivity index (χ0) is 19.1. The minimum Gasteiger partial charge on any atom is -0.872 e. The highest BCUT2D eigenvalue weighted by Gasteiger charge is 2.25. The molecule has 0 aliphatic carbocycles. The van der Waals surface area contributed by atoms with Gasteiger partial charge >= 0.3 is 0 Å². The molecule has 1 unspecified atom stereocenters. The minimum absolute atomic E-state index is 0.0487. The van der Waals surface area contributed by atoms with Gasteiger partial charge in [0.2, 0.25) is 6.79 Å². The molecule has 27 heavy (non-hydrogen) atoms. The number of non-ortho nitro benzene ring substituents is 1. The first kappa shape index (κ1) is 16.7. The highest BCUT2D eigenvalue weighted by molar-refractivity contribution is 6.11. The van der Waals surface area contributed by atoms with Crippen molar-refractivity contribution in [1.29, 1.82) is 0 Å². The lowest BCUT2D eigenvalue weighted by Crippen LogP contribution is -2.31. The van der Waals surface area contributed by atoms with Crippen molar-refractivity contribution in [2.24, 2.45) is 0 Å². The number of hydrogen-bond donors (Lipinski definition) is 3. The molecule has 3 N–H and O–H groups in total. The van der Waals surface area contributed by atoms with E-state index >= 15 is 0 Å². The molecule has 10 heteroatoms. The van der Waals surface area contributed by atoms with Crippen LogP contribution in [-0.4, -0.2) is 22.7 Å². The van der Waals surface area contributed by atoms with Gasteiger partial charge in [0.1, 0.15) is 0 Å². The molecule has 4 rings (SSSR count). The zero-order valence-corrected chi connectivity index (χ0v) is 13.6. The summed E-state index contributed by atoms with van der Waals surface area (Å²) < 4.78 is 10.4. The quantitative estimate of drug-likeness (QED) is 0.314. The highest BCUT2D eigenvalue weighted by Crippen LogP contribution is 2.37. The second-order valence-corrected chi connectivity index (χ2v) is 5.82. The number of ether oxygens (including phenoxy) is 2. The Balaban J connectivity index is 1.66. The van der Waals surface area contributed by atoms with E-state index in [1.165, 1.54) is 30.3 Å². The van der Waals surface area contributed by atoms with E-state index in [0.29, 0.717) is 17.2 Å². The minimum atomic E-state index is -1.60. The van der Waals surface area contributed by atoms with Crippen LogP contribution >= 0.6 is 0 Å². The van der Waals surface area contributed by atoms with Crippen LogP contribution in [0.15, 0.2) is 47.9 Å². The fraction of sp³-hybridized carbons (Fsp3) is 0.118. The topological polar surface area (TPSA) is 146 Å². The maximum absolute atomic E-state index is 12.6. The Labute approximate surface area is 151 Å². The number of aliphatic hydroxyl groups is 1. The molecule has 0 spiro atoms. The van der Waals surface area contributed by atoms with Gasteiger partial charge in [-0.05, 0) is 23.8 Å². The van der Waals surface area contributed by atoms with E-state index in [-0.39, 0.29) is 29.4 Å². The molecule has 1 amide bonds. The predicted molar refractivity (Wildman–Crippen MR) is 89.9 cm³/mol. The Kier molecular flexibility index (Phi) is 3.81. The summed E-state index contributed by atoms with van der Waals surface area (Å²) in [6.45, 7) is 0.0487. The summed E-state index contributed by atoms with van der Waals surface area (Å²) in [6, 6.07) is 8.29. The molecular formula is C17H12N3O7-. The summed E-state index contributed by atoms with van der Waals surface area (Å²) >= 11 is 0. The number of rotatable bonds is 3. The second-order valence-electron chi connectivity index (χ2n) is 5.82. The molecule has 0 aromatic heterocycles. The Morgan fingerprint density at radius 2 is 1.89 bits per heavy atom. The van der Waals surface area contributed by atoms with Gasteiger partial charge in [0.05, 0.1) is 28.1 Å². The van der Waals surface area contributed by atoms with Gasteiger partial charge in [-0.25, -0.2) is 0 Å². The number of amides is 1. The number of fused-ring (bicyclic) bond motifs is 2. The lowest BCUT2D eigenvalue weighted by molar-refractivity contribution is -0.384. The normalized spacial score (nSPS) is 17.4. The monoisotopic (exact) mass is 370 g/mol. The van der Waals surface area contributed by atoms with Crippen molar-refractivity contribution in [3.63, 3.8) is 0 Å². The van der Waals surface area contributed by atoms with Crippen LogP contribution in [-0.2, 0) is 4.79 Å². The molecule has 2 aromatic carbocycles. The molecule has 0 bridgehead atoms. The van der Waals surface area contributed by atoms with Crippen LogP contribution in [0.4, 0.5) is 17.1 Å². The number of carbonyl (C=O) groups excluding carboxylic acids is 1. The SMILES string of the molecule is O=C1Nc2cc([N+](=O)[O-])ccc2NC1=C([O-])C(O)c1ccc2c(c1)OCO2. The lowest BCUT2D eigenvalue weighted by atomic mass is 10.0. The molecule has 2 aliphatic rings. The van der Waals surface area contributed by atoms with Crippen LogP contribution in [0.2, 0.25) is 0 Å². The van der Waals surface area contributed by atoms with Gasteiger partial charge in [-0.1, -0.05) is 11.8 Å². The number of aliphatic hydroxyl groups excluding tert-OH is 1. The molecule has 2 aromatic rings. The van der Waals surface area contributed by atoms with Crippen LogP contribution in [0.1, 0.15) is 11.7 Å². The number of nitrogens with zero attached hydrogens (tertiary/aromatic N) is 1. The van der Waals surface area contributed by atoms with Crippen molar-refractivity contribution in [3.8, 4) is 11.5 Å². The van der Waals surface area contributed by atoms with E-state index < -0.39 is 22.7 Å². The fourth-order valence-electron chi connectivity index (χ4n) is 2.78. The summed E-state index contributed by atoms with van der Waals surface area (Å²) in [5.74, 6) is -0.763. The first-order valence-corrected chi connectivity index (χ1v) is 7.79. The molecule has 0 radical (unpaired) electrons. The third-order valence-corrected chi connectivity index (χ3v) is 4.16. The standard InChI is InChI=1S/C17H13N3O7/c21-15(8-1-4-12-13(5-8)27-7-26-12)16(22)14-17(23)19-11-6-9(20(24)25)2-3-10(11)18-14/h1-6,15,18,21-22H,7H2,(H,19,23)/p-1. The maximum atomic E-state index is 12.6. The summed E-state index contributed by atoms with van der Waals surface area (Å²) in [7, 11) is 0. The molecular weight excluding hydrogens is 358 g/mol. The van der Waals surface area contributed by atoms with E-state index in [0.717, 1.165) is 0 Å². The zero-order valence-electron chi connectivity index (χ0n) is 13.6. The lowest BCUT2D eigenvalue weighted by Gasteiger charge is -2.28. The number of nitro benzene ring substituents is 1. The number of anilines is 2. The molecule has 1 atom stereocenters. The molecule has 2 heterocycles. The third-order valence-electron chi connectivity index (χ3n) is 4.16. The van der Waals surface area contributed by atoms with E-state index in [2.05, 4.69) is 10.6 Å². The Morgan fingerprint density at radius 1 is 1.11 bits per heavy atom. The second kappa shape index (κ2) is 6.18. The van der Waals surface area contributed by atoms with Crippen molar-refractivity contribution in [2.75, 3.05) is 17.4 Å². The highest BCUT2D eigenvalue weighted by atomic mass is 16.7. The summed E-state index contributed by atoms with van der Waals surface area (Å²) in [5, 5.41) is 38.9. The van der Waals surface area contributed by atoms with Crippen LogP contribution in [0.3, 0.4) is 0 Å². The number of benzene rings is 2. The van der Waals surface area contributed by atoms with Crippen LogP contribution in [0.25, 0.3) is 0 Å². The molecule has 0 saturated carbocycles. The first-order chi connectivity index (χ1) is 12.9. The Hall–Kier alpha value is -3.79. The molecule has 138 valence electrons. The van der Waals surface area contributed by atoms with E-state index in [1.54, 1.807) is 6.07 Å². The van der Waals surface area contributed by atoms with E-state index in [9.17, 15) is 25.1 Å². The number of nitro groups is 1. The summed E-state index contributed by atoms with van der Waals surface area (Å²) in [4.78, 5) is 22.5. The van der Waals surface area contributed by atoms with Gasteiger partial charge in [0.15, 0.2) is 11.5 Å². The molecule has 0 saturated heterocycles. The smallest absolute Gasteiger partial charge is 0.271 e. The van der Waals surface area contributed by atoms with Crippen molar-refractivity contribution in [1.82, 2.24) is 0 Å². The Bertz CT molecular complexity index is 1000. The average molecular weight is 370 g/mol. The number of nitrogens with one attached hydrogen (secondary N) is 2. The molecule has 0 fully saturated rings. The van der Waals surface area contributed by atoms with Gasteiger partial charge in [0, 0.05) is 12.1 Å². The fourth-order valence-corrected chi connectivity index (χ4v) is 2.78. The van der Waals surface area contributed by atoms with E-state index in [1.807, 2.05) is 0 Å². The predicted octanol–water partition coefficient (Wildman–Crippen LogP) is 0.993. The molecule has 2 aliphatic heterocycles. The van der Waals surface area contributed by atoms with Gasteiger partial charge in [-0.3, -0.25) is 14.9 Å².